The predicted octanol–water partition coefficient (Wildman–Crippen LogP) is 4.14. The fourth-order valence-corrected chi connectivity index (χ4v) is 2.68. The van der Waals surface area contributed by atoms with E-state index >= 15 is 0 Å². The van der Waals surface area contributed by atoms with Gasteiger partial charge in [-0.05, 0) is 52.7 Å². The second-order valence-corrected chi connectivity index (χ2v) is 6.16. The van der Waals surface area contributed by atoms with Crippen LogP contribution in [0.15, 0.2) is 46.9 Å². The fraction of sp³-hybridized carbons (Fsp3) is 0.176. The molecule has 0 bridgehead atoms. The maximum atomic E-state index is 11.9. The Labute approximate surface area is 147 Å². The molecule has 1 N–H and O–H groups in total. The normalized spacial score (nSPS) is 10.2. The molecule has 0 unspecified atom stereocenters. The predicted molar refractivity (Wildman–Crippen MR) is 92.9 cm³/mol. The monoisotopic (exact) mass is 395 g/mol. The molecule has 120 valence electrons. The van der Waals surface area contributed by atoms with Crippen LogP contribution in [0.2, 0.25) is 5.02 Å². The molecule has 0 heterocycles. The van der Waals surface area contributed by atoms with E-state index < -0.39 is 5.97 Å². The number of nitrogens with one attached hydrogen (secondary N) is 1. The van der Waals surface area contributed by atoms with Gasteiger partial charge in [-0.2, -0.15) is 0 Å². The number of halogens is 2. The molecule has 2 aromatic carbocycles. The van der Waals surface area contributed by atoms with Crippen LogP contribution in [-0.4, -0.2) is 18.4 Å². The molecule has 4 nitrogen and oxygen atoms in total. The zero-order valence-corrected chi connectivity index (χ0v) is 14.8. The summed E-state index contributed by atoms with van der Waals surface area (Å²) >= 11 is 9.28. The lowest BCUT2D eigenvalue weighted by molar-refractivity contribution is -0.134. The SMILES string of the molecule is Cc1ccc(OC(=O)CCNC(=O)c2ccccc2Cl)c(Br)c1. The van der Waals surface area contributed by atoms with Gasteiger partial charge in [0, 0.05) is 6.54 Å². The number of rotatable bonds is 5. The minimum Gasteiger partial charge on any atom is -0.425 e. The summed E-state index contributed by atoms with van der Waals surface area (Å²) in [7, 11) is 0. The van der Waals surface area contributed by atoms with Crippen LogP contribution >= 0.6 is 27.5 Å². The van der Waals surface area contributed by atoms with Gasteiger partial charge in [0.2, 0.25) is 0 Å². The Hall–Kier alpha value is -1.85. The van der Waals surface area contributed by atoms with Gasteiger partial charge in [-0.1, -0.05) is 29.8 Å². The third kappa shape index (κ3) is 5.08. The first-order valence-corrected chi connectivity index (χ1v) is 8.14. The highest BCUT2D eigenvalue weighted by Gasteiger charge is 2.11. The molecule has 0 radical (unpaired) electrons. The lowest BCUT2D eigenvalue weighted by atomic mass is 10.2. The number of aryl methyl sites for hydroxylation is 1. The van der Waals surface area contributed by atoms with Gasteiger partial charge in [0.15, 0.2) is 0 Å². The molecule has 0 atom stereocenters. The first kappa shape index (κ1) is 17.5. The van der Waals surface area contributed by atoms with Crippen LogP contribution in [0.1, 0.15) is 22.3 Å². The quantitative estimate of drug-likeness (QED) is 0.610. The van der Waals surface area contributed by atoms with Crippen molar-refractivity contribution in [3.05, 3.63) is 63.1 Å². The minimum atomic E-state index is -0.422. The first-order chi connectivity index (χ1) is 11.0. The van der Waals surface area contributed by atoms with Gasteiger partial charge in [0.1, 0.15) is 5.75 Å². The molecule has 0 saturated carbocycles. The highest BCUT2D eigenvalue weighted by molar-refractivity contribution is 9.10. The van der Waals surface area contributed by atoms with E-state index in [1.165, 1.54) is 0 Å². The van der Waals surface area contributed by atoms with Crippen LogP contribution in [-0.2, 0) is 4.79 Å². The van der Waals surface area contributed by atoms with Crippen LogP contribution in [0, 0.1) is 6.92 Å². The van der Waals surface area contributed by atoms with Crippen molar-refractivity contribution in [2.24, 2.45) is 0 Å². The number of carbonyl (C=O) groups is 2. The standard InChI is InChI=1S/C17H15BrClNO3/c1-11-6-7-15(13(18)10-11)23-16(21)8-9-20-17(22)12-4-2-3-5-14(12)19/h2-7,10H,8-9H2,1H3,(H,20,22). The van der Waals surface area contributed by atoms with E-state index in [2.05, 4.69) is 21.2 Å². The summed E-state index contributed by atoms with van der Waals surface area (Å²) in [6.07, 6.45) is 0.0660. The van der Waals surface area contributed by atoms with Crippen molar-refractivity contribution >= 4 is 39.4 Å². The van der Waals surface area contributed by atoms with Crippen molar-refractivity contribution < 1.29 is 14.3 Å². The van der Waals surface area contributed by atoms with Crippen molar-refractivity contribution in [3.8, 4) is 5.75 Å². The number of hydrogen-bond donors (Lipinski definition) is 1. The number of amides is 1. The summed E-state index contributed by atoms with van der Waals surface area (Å²) in [6.45, 7) is 2.12. The Morgan fingerprint density at radius 1 is 1.22 bits per heavy atom. The Kier molecular flexibility index (Phi) is 6.19. The van der Waals surface area contributed by atoms with Crippen LogP contribution < -0.4 is 10.1 Å². The third-order valence-electron chi connectivity index (χ3n) is 3.04. The van der Waals surface area contributed by atoms with Crippen LogP contribution in [0.5, 0.6) is 5.75 Å². The number of benzene rings is 2. The summed E-state index contributed by atoms with van der Waals surface area (Å²) in [6, 6.07) is 12.2. The lowest BCUT2D eigenvalue weighted by Gasteiger charge is -2.08. The molecule has 2 aromatic rings. The van der Waals surface area contributed by atoms with Gasteiger partial charge in [-0.15, -0.1) is 0 Å². The number of ether oxygens (including phenoxy) is 1. The molecule has 0 spiro atoms. The average Bonchev–Trinajstić information content (AvgIpc) is 2.50. The molecule has 6 heteroatoms. The number of carbonyl (C=O) groups excluding carboxylic acids is 2. The van der Waals surface area contributed by atoms with E-state index in [4.69, 9.17) is 16.3 Å². The van der Waals surface area contributed by atoms with Crippen molar-refractivity contribution in [1.29, 1.82) is 0 Å². The summed E-state index contributed by atoms with van der Waals surface area (Å²) < 4.78 is 5.96. The van der Waals surface area contributed by atoms with Crippen LogP contribution in [0.3, 0.4) is 0 Å². The average molecular weight is 397 g/mol. The van der Waals surface area contributed by atoms with E-state index in [9.17, 15) is 9.59 Å². The maximum Gasteiger partial charge on any atom is 0.313 e. The van der Waals surface area contributed by atoms with Gasteiger partial charge < -0.3 is 10.1 Å². The van der Waals surface area contributed by atoms with Crippen molar-refractivity contribution in [2.75, 3.05) is 6.54 Å². The van der Waals surface area contributed by atoms with Crippen molar-refractivity contribution in [3.63, 3.8) is 0 Å². The van der Waals surface area contributed by atoms with E-state index in [1.807, 2.05) is 19.1 Å². The lowest BCUT2D eigenvalue weighted by Crippen LogP contribution is -2.27. The van der Waals surface area contributed by atoms with Gasteiger partial charge in [0.05, 0.1) is 21.5 Å². The number of esters is 1. The highest BCUT2D eigenvalue weighted by atomic mass is 79.9. The second kappa shape index (κ2) is 8.13. The molecule has 0 fully saturated rings. The largest absolute Gasteiger partial charge is 0.425 e. The molecule has 0 aliphatic carbocycles. The topological polar surface area (TPSA) is 55.4 Å². The zero-order chi connectivity index (χ0) is 16.8. The smallest absolute Gasteiger partial charge is 0.313 e. The summed E-state index contributed by atoms with van der Waals surface area (Å²) in [4.78, 5) is 23.8. The molecular formula is C17H15BrClNO3. The van der Waals surface area contributed by atoms with Gasteiger partial charge in [0.25, 0.3) is 5.91 Å². The van der Waals surface area contributed by atoms with Gasteiger partial charge in [-0.25, -0.2) is 0 Å². The minimum absolute atomic E-state index is 0.0660. The summed E-state index contributed by atoms with van der Waals surface area (Å²) in [5.41, 5.74) is 1.44. The van der Waals surface area contributed by atoms with E-state index in [0.29, 0.717) is 20.8 Å². The molecule has 0 aliphatic heterocycles. The molecule has 1 amide bonds. The van der Waals surface area contributed by atoms with E-state index in [1.54, 1.807) is 30.3 Å². The summed E-state index contributed by atoms with van der Waals surface area (Å²) in [5, 5.41) is 3.02. The molecule has 0 aromatic heterocycles. The molecule has 0 aliphatic rings. The fourth-order valence-electron chi connectivity index (χ4n) is 1.88. The van der Waals surface area contributed by atoms with Gasteiger partial charge in [-0.3, -0.25) is 9.59 Å². The number of hydrogen-bond acceptors (Lipinski definition) is 3. The van der Waals surface area contributed by atoms with Gasteiger partial charge >= 0.3 is 5.97 Å². The van der Waals surface area contributed by atoms with Crippen molar-refractivity contribution in [2.45, 2.75) is 13.3 Å². The Balaban J connectivity index is 1.83. The van der Waals surface area contributed by atoms with Crippen molar-refractivity contribution in [1.82, 2.24) is 5.32 Å². The molecular weight excluding hydrogens is 382 g/mol. The Morgan fingerprint density at radius 2 is 1.96 bits per heavy atom. The van der Waals surface area contributed by atoms with Crippen LogP contribution in [0.4, 0.5) is 0 Å². The van der Waals surface area contributed by atoms with E-state index in [0.717, 1.165) is 5.56 Å². The Morgan fingerprint density at radius 3 is 2.65 bits per heavy atom. The third-order valence-corrected chi connectivity index (χ3v) is 3.99. The Bertz CT molecular complexity index is 734. The molecule has 23 heavy (non-hydrogen) atoms. The van der Waals surface area contributed by atoms with E-state index in [-0.39, 0.29) is 18.9 Å². The van der Waals surface area contributed by atoms with Crippen LogP contribution in [0.25, 0.3) is 0 Å². The molecule has 2 rings (SSSR count). The summed E-state index contributed by atoms with van der Waals surface area (Å²) in [5.74, 6) is -0.285. The maximum absolute atomic E-state index is 11.9. The molecule has 0 saturated heterocycles. The highest BCUT2D eigenvalue weighted by Crippen LogP contribution is 2.26. The second-order valence-electron chi connectivity index (χ2n) is 4.89. The first-order valence-electron chi connectivity index (χ1n) is 6.97. The zero-order valence-electron chi connectivity index (χ0n) is 12.4.